The highest BCUT2D eigenvalue weighted by Gasteiger charge is 2.23. The molecule has 2 heterocycles. The second kappa shape index (κ2) is 16.7. The molecule has 0 N–H and O–H groups in total. The molecule has 7 aromatic rings. The maximum absolute atomic E-state index is 5.32. The maximum Gasteiger partial charge on any atom is 0.0885 e. The summed E-state index contributed by atoms with van der Waals surface area (Å²) in [6.07, 6.45) is 18.7. The van der Waals surface area contributed by atoms with E-state index in [1.165, 1.54) is 92.0 Å². The first-order valence-corrected chi connectivity index (χ1v) is 21.7. The lowest BCUT2D eigenvalue weighted by Crippen LogP contribution is -2.11. The zero-order valence-electron chi connectivity index (χ0n) is 34.4. The van der Waals surface area contributed by atoms with Crippen molar-refractivity contribution in [2.45, 2.75) is 102 Å². The summed E-state index contributed by atoms with van der Waals surface area (Å²) in [6.45, 7) is 7.04. The van der Waals surface area contributed by atoms with Gasteiger partial charge in [-0.25, -0.2) is 4.98 Å². The van der Waals surface area contributed by atoms with E-state index in [2.05, 4.69) is 158 Å². The van der Waals surface area contributed by atoms with Gasteiger partial charge in [0.2, 0.25) is 0 Å². The zero-order valence-corrected chi connectivity index (χ0v) is 34.4. The summed E-state index contributed by atoms with van der Waals surface area (Å²) >= 11 is 0. The van der Waals surface area contributed by atoms with Gasteiger partial charge in [-0.3, -0.25) is 9.97 Å². The molecule has 0 spiro atoms. The molecule has 0 radical (unpaired) electrons. The van der Waals surface area contributed by atoms with Crippen LogP contribution in [0.3, 0.4) is 0 Å². The molecule has 58 heavy (non-hydrogen) atoms. The Kier molecular flexibility index (Phi) is 10.9. The van der Waals surface area contributed by atoms with Crippen LogP contribution < -0.4 is 0 Å². The maximum atomic E-state index is 5.32. The quantitative estimate of drug-likeness (QED) is 0.155. The van der Waals surface area contributed by atoms with Gasteiger partial charge < -0.3 is 0 Å². The normalized spacial score (nSPS) is 15.4. The summed E-state index contributed by atoms with van der Waals surface area (Å²) in [6, 6.07) is 47.7. The molecule has 2 saturated carbocycles. The highest BCUT2D eigenvalue weighted by molar-refractivity contribution is 5.82. The van der Waals surface area contributed by atoms with Gasteiger partial charge in [-0.2, -0.15) is 0 Å². The smallest absolute Gasteiger partial charge is 0.0885 e. The number of nitrogens with zero attached hydrogens (tertiary/aromatic N) is 3. The third-order valence-corrected chi connectivity index (χ3v) is 12.7. The van der Waals surface area contributed by atoms with Crippen LogP contribution in [0.1, 0.15) is 114 Å². The SMILES string of the molecule is CC(C)(C)c1cc(-c2cccc(-c3cc(-c4cccc(-c5cnccn5)c4)cc(-c4ccccc4)n3)c2)cc(-c2cc(C3CCCCC3)cc(C3CCCCC3)c2)c1. The van der Waals surface area contributed by atoms with Crippen LogP contribution >= 0.6 is 0 Å². The molecule has 0 bridgehead atoms. The average molecular weight is 758 g/mol. The van der Waals surface area contributed by atoms with E-state index in [-0.39, 0.29) is 5.41 Å². The Morgan fingerprint density at radius 1 is 0.414 bits per heavy atom. The molecule has 0 atom stereocenters. The molecular weight excluding hydrogens is 703 g/mol. The number of hydrogen-bond donors (Lipinski definition) is 0. The molecule has 2 fully saturated rings. The van der Waals surface area contributed by atoms with Crippen LogP contribution in [0.5, 0.6) is 0 Å². The number of rotatable bonds is 8. The van der Waals surface area contributed by atoms with Gasteiger partial charge in [-0.15, -0.1) is 0 Å². The molecule has 0 aliphatic heterocycles. The largest absolute Gasteiger partial charge is 0.261 e. The standard InChI is InChI=1S/C55H55N3/c1-55(2,3)51-33-48(32-49(34-51)47-30-45(38-15-7-4-8-16-38)29-46(31-47)39-17-9-5-10-18-39)41-21-13-23-43(27-41)53-36-50(35-52(58-53)40-19-11-6-12-20-40)42-22-14-24-44(28-42)54-37-56-25-26-57-54/h6,11-14,19-39H,4-5,7-10,15-18H2,1-3H3. The lowest BCUT2D eigenvalue weighted by molar-refractivity contribution is 0.435. The molecule has 9 rings (SSSR count). The summed E-state index contributed by atoms with van der Waals surface area (Å²) in [4.78, 5) is 14.2. The monoisotopic (exact) mass is 757 g/mol. The zero-order chi connectivity index (χ0) is 39.5. The summed E-state index contributed by atoms with van der Waals surface area (Å²) < 4.78 is 0. The Morgan fingerprint density at radius 3 is 1.47 bits per heavy atom. The molecule has 3 nitrogen and oxygen atoms in total. The lowest BCUT2D eigenvalue weighted by Gasteiger charge is -2.27. The van der Waals surface area contributed by atoms with E-state index < -0.39 is 0 Å². The predicted octanol–water partition coefficient (Wildman–Crippen LogP) is 15.3. The average Bonchev–Trinajstić information content (AvgIpc) is 3.29. The van der Waals surface area contributed by atoms with Crippen LogP contribution in [0.15, 0.2) is 146 Å². The Balaban J connectivity index is 1.15. The van der Waals surface area contributed by atoms with Crippen LogP contribution in [-0.4, -0.2) is 15.0 Å². The number of aromatic nitrogens is 3. The van der Waals surface area contributed by atoms with Gasteiger partial charge >= 0.3 is 0 Å². The van der Waals surface area contributed by atoms with Gasteiger partial charge in [0, 0.05) is 29.1 Å². The van der Waals surface area contributed by atoms with Gasteiger partial charge in [-0.1, -0.05) is 156 Å². The molecule has 3 heteroatoms. The number of pyridine rings is 1. The van der Waals surface area contributed by atoms with Crippen LogP contribution in [0.25, 0.3) is 67.2 Å². The van der Waals surface area contributed by atoms with Gasteiger partial charge in [0.25, 0.3) is 0 Å². The second-order valence-electron chi connectivity index (χ2n) is 17.9. The van der Waals surface area contributed by atoms with Gasteiger partial charge in [0.05, 0.1) is 23.3 Å². The highest BCUT2D eigenvalue weighted by Crippen LogP contribution is 2.42. The van der Waals surface area contributed by atoms with E-state index in [1.54, 1.807) is 23.5 Å². The Bertz CT molecular complexity index is 2460. The molecule has 290 valence electrons. The Morgan fingerprint density at radius 2 is 0.897 bits per heavy atom. The molecule has 2 aliphatic rings. The second-order valence-corrected chi connectivity index (χ2v) is 17.9. The topological polar surface area (TPSA) is 38.7 Å². The van der Waals surface area contributed by atoms with E-state index in [1.807, 2.05) is 6.20 Å². The van der Waals surface area contributed by atoms with Gasteiger partial charge in [-0.05, 0) is 123 Å². The van der Waals surface area contributed by atoms with Crippen LogP contribution in [0, 0.1) is 0 Å². The van der Waals surface area contributed by atoms with E-state index in [4.69, 9.17) is 4.98 Å². The predicted molar refractivity (Wildman–Crippen MR) is 243 cm³/mol. The summed E-state index contributed by atoms with van der Waals surface area (Å²) in [7, 11) is 0. The third-order valence-electron chi connectivity index (χ3n) is 12.7. The van der Waals surface area contributed by atoms with Crippen molar-refractivity contribution in [3.63, 3.8) is 0 Å². The first-order valence-electron chi connectivity index (χ1n) is 21.7. The highest BCUT2D eigenvalue weighted by atomic mass is 14.8. The van der Waals surface area contributed by atoms with Crippen molar-refractivity contribution in [3.05, 3.63) is 163 Å². The lowest BCUT2D eigenvalue weighted by atomic mass is 9.78. The number of benzene rings is 5. The first-order chi connectivity index (χ1) is 28.3. The van der Waals surface area contributed by atoms with Crippen LogP contribution in [0.2, 0.25) is 0 Å². The molecule has 0 unspecified atom stereocenters. The van der Waals surface area contributed by atoms with Crippen LogP contribution in [-0.2, 0) is 5.41 Å². The van der Waals surface area contributed by atoms with E-state index in [9.17, 15) is 0 Å². The fraction of sp³-hybridized carbons (Fsp3) is 0.291. The van der Waals surface area contributed by atoms with E-state index in [0.29, 0.717) is 11.8 Å². The van der Waals surface area contributed by atoms with Crippen molar-refractivity contribution < 1.29 is 0 Å². The molecule has 0 amide bonds. The fourth-order valence-corrected chi connectivity index (χ4v) is 9.35. The van der Waals surface area contributed by atoms with Crippen molar-refractivity contribution in [3.8, 4) is 67.2 Å². The Hall–Kier alpha value is -5.67. The van der Waals surface area contributed by atoms with Crippen molar-refractivity contribution in [2.24, 2.45) is 0 Å². The summed E-state index contributed by atoms with van der Waals surface area (Å²) in [5.74, 6) is 1.35. The van der Waals surface area contributed by atoms with Crippen molar-refractivity contribution >= 4 is 0 Å². The Labute approximate surface area is 345 Å². The molecule has 0 saturated heterocycles. The minimum absolute atomic E-state index is 0.00408. The first kappa shape index (κ1) is 37.9. The summed E-state index contributed by atoms with van der Waals surface area (Å²) in [5, 5.41) is 0. The van der Waals surface area contributed by atoms with Gasteiger partial charge in [0.1, 0.15) is 0 Å². The molecule has 2 aromatic heterocycles. The summed E-state index contributed by atoms with van der Waals surface area (Å²) in [5.41, 5.74) is 17.9. The van der Waals surface area contributed by atoms with Crippen molar-refractivity contribution in [1.82, 2.24) is 15.0 Å². The van der Waals surface area contributed by atoms with Crippen molar-refractivity contribution in [2.75, 3.05) is 0 Å². The third kappa shape index (κ3) is 8.46. The van der Waals surface area contributed by atoms with Crippen LogP contribution in [0.4, 0.5) is 0 Å². The molecule has 5 aromatic carbocycles. The fourth-order valence-electron chi connectivity index (χ4n) is 9.35. The van der Waals surface area contributed by atoms with E-state index >= 15 is 0 Å². The minimum atomic E-state index is -0.00408. The number of hydrogen-bond acceptors (Lipinski definition) is 3. The molecule has 2 aliphatic carbocycles. The van der Waals surface area contributed by atoms with Crippen molar-refractivity contribution in [1.29, 1.82) is 0 Å². The van der Waals surface area contributed by atoms with E-state index in [0.717, 1.165) is 44.9 Å². The minimum Gasteiger partial charge on any atom is -0.261 e. The van der Waals surface area contributed by atoms with Gasteiger partial charge in [0.15, 0.2) is 0 Å². The molecular formula is C55H55N3.